The van der Waals surface area contributed by atoms with Gasteiger partial charge in [0, 0.05) is 10.0 Å². The summed E-state index contributed by atoms with van der Waals surface area (Å²) in [5, 5.41) is 8.75. The third-order valence-electron chi connectivity index (χ3n) is 2.91. The van der Waals surface area contributed by atoms with Gasteiger partial charge in [-0.1, -0.05) is 15.9 Å². The molecule has 122 valence electrons. The van der Waals surface area contributed by atoms with Crippen molar-refractivity contribution in [3.63, 3.8) is 0 Å². The summed E-state index contributed by atoms with van der Waals surface area (Å²) in [6, 6.07) is 5.89. The summed E-state index contributed by atoms with van der Waals surface area (Å²) in [5.74, 6) is -1.45. The number of anilines is 1. The van der Waals surface area contributed by atoms with Gasteiger partial charge in [0.05, 0.1) is 17.0 Å². The molecule has 0 radical (unpaired) electrons. The third kappa shape index (κ3) is 4.17. The predicted molar refractivity (Wildman–Crippen MR) is 85.9 cm³/mol. The van der Waals surface area contributed by atoms with Crippen molar-refractivity contribution in [1.82, 2.24) is 9.97 Å². The SMILES string of the molecule is Cc1nc(NS(=O)(=O)c2ccc(Br)cc2)[nH]c(=O)c1CC(=O)O. The number of hydrogen-bond donors (Lipinski definition) is 3. The van der Waals surface area contributed by atoms with E-state index in [9.17, 15) is 18.0 Å². The van der Waals surface area contributed by atoms with E-state index in [1.165, 1.54) is 19.1 Å². The molecule has 0 unspecified atom stereocenters. The van der Waals surface area contributed by atoms with E-state index in [1.807, 2.05) is 0 Å². The van der Waals surface area contributed by atoms with Crippen molar-refractivity contribution in [1.29, 1.82) is 0 Å². The lowest BCUT2D eigenvalue weighted by atomic mass is 10.2. The van der Waals surface area contributed by atoms with E-state index >= 15 is 0 Å². The number of nitrogens with one attached hydrogen (secondary N) is 2. The number of nitrogens with zero attached hydrogens (tertiary/aromatic N) is 1. The maximum absolute atomic E-state index is 12.2. The molecule has 3 N–H and O–H groups in total. The Hall–Kier alpha value is -2.20. The fraction of sp³-hybridized carbons (Fsp3) is 0.154. The van der Waals surface area contributed by atoms with Gasteiger partial charge in [-0.05, 0) is 31.2 Å². The summed E-state index contributed by atoms with van der Waals surface area (Å²) in [6.45, 7) is 1.44. The highest BCUT2D eigenvalue weighted by molar-refractivity contribution is 9.10. The van der Waals surface area contributed by atoms with Crippen molar-refractivity contribution >= 4 is 37.9 Å². The second kappa shape index (κ2) is 6.50. The zero-order chi connectivity index (χ0) is 17.2. The van der Waals surface area contributed by atoms with Crippen molar-refractivity contribution in [2.45, 2.75) is 18.2 Å². The van der Waals surface area contributed by atoms with Crippen molar-refractivity contribution < 1.29 is 18.3 Å². The molecule has 1 aromatic carbocycles. The van der Waals surface area contributed by atoms with Gasteiger partial charge in [0.1, 0.15) is 0 Å². The number of aliphatic carboxylic acids is 1. The van der Waals surface area contributed by atoms with Crippen LogP contribution < -0.4 is 10.3 Å². The number of sulfonamides is 1. The fourth-order valence-corrected chi connectivity index (χ4v) is 3.05. The number of halogens is 1. The van der Waals surface area contributed by atoms with E-state index in [-0.39, 0.29) is 22.1 Å². The third-order valence-corrected chi connectivity index (χ3v) is 4.79. The molecule has 0 saturated heterocycles. The quantitative estimate of drug-likeness (QED) is 0.691. The molecule has 2 aromatic rings. The number of H-pyrrole nitrogens is 1. The number of aryl methyl sites for hydroxylation is 1. The van der Waals surface area contributed by atoms with Gasteiger partial charge in [0.25, 0.3) is 15.6 Å². The van der Waals surface area contributed by atoms with Crippen LogP contribution in [0.4, 0.5) is 5.95 Å². The average molecular weight is 402 g/mol. The highest BCUT2D eigenvalue weighted by Gasteiger charge is 2.17. The zero-order valence-electron chi connectivity index (χ0n) is 11.8. The minimum atomic E-state index is -3.92. The van der Waals surface area contributed by atoms with Gasteiger partial charge in [-0.25, -0.2) is 18.1 Å². The van der Waals surface area contributed by atoms with E-state index in [1.54, 1.807) is 12.1 Å². The number of carboxylic acid groups (broad SMARTS) is 1. The second-order valence-corrected chi connectivity index (χ2v) is 7.21. The van der Waals surface area contributed by atoms with Crippen LogP contribution in [-0.2, 0) is 21.2 Å². The van der Waals surface area contributed by atoms with Gasteiger partial charge in [0.2, 0.25) is 5.95 Å². The molecule has 0 aliphatic carbocycles. The smallest absolute Gasteiger partial charge is 0.308 e. The molecule has 0 aliphatic heterocycles. The van der Waals surface area contributed by atoms with Crippen molar-refractivity contribution in [2.24, 2.45) is 0 Å². The highest BCUT2D eigenvalue weighted by Crippen LogP contribution is 2.16. The molecule has 0 fully saturated rings. The Labute approximate surface area is 139 Å². The van der Waals surface area contributed by atoms with Crippen LogP contribution in [0.15, 0.2) is 38.4 Å². The number of benzene rings is 1. The zero-order valence-corrected chi connectivity index (χ0v) is 14.2. The number of hydrogen-bond acceptors (Lipinski definition) is 5. The van der Waals surface area contributed by atoms with Crippen LogP contribution in [0.1, 0.15) is 11.3 Å². The minimum Gasteiger partial charge on any atom is -0.481 e. The molecular formula is C13H12BrN3O5S. The Morgan fingerprint density at radius 1 is 1.35 bits per heavy atom. The summed E-state index contributed by atoms with van der Waals surface area (Å²) >= 11 is 3.20. The summed E-state index contributed by atoms with van der Waals surface area (Å²) in [5.41, 5.74) is -0.581. The number of aromatic amines is 1. The summed E-state index contributed by atoms with van der Waals surface area (Å²) in [4.78, 5) is 28.7. The molecular weight excluding hydrogens is 390 g/mol. The van der Waals surface area contributed by atoms with Gasteiger partial charge in [-0.3, -0.25) is 14.6 Å². The first kappa shape index (κ1) is 17.2. The Balaban J connectivity index is 2.35. The van der Waals surface area contributed by atoms with Gasteiger partial charge < -0.3 is 5.11 Å². The second-order valence-electron chi connectivity index (χ2n) is 4.61. The van der Waals surface area contributed by atoms with Gasteiger partial charge in [-0.2, -0.15) is 0 Å². The van der Waals surface area contributed by atoms with Gasteiger partial charge in [0.15, 0.2) is 0 Å². The topological polar surface area (TPSA) is 129 Å². The molecule has 0 spiro atoms. The Bertz CT molecular complexity index is 906. The number of carboxylic acids is 1. The first-order valence-corrected chi connectivity index (χ1v) is 8.56. The van der Waals surface area contributed by atoms with Gasteiger partial charge >= 0.3 is 5.97 Å². The van der Waals surface area contributed by atoms with E-state index in [4.69, 9.17) is 5.11 Å². The normalized spacial score (nSPS) is 11.2. The fourth-order valence-electron chi connectivity index (χ4n) is 1.82. The van der Waals surface area contributed by atoms with Crippen molar-refractivity contribution in [3.8, 4) is 0 Å². The monoisotopic (exact) mass is 401 g/mol. The van der Waals surface area contributed by atoms with Crippen LogP contribution in [-0.4, -0.2) is 29.5 Å². The van der Waals surface area contributed by atoms with Crippen molar-refractivity contribution in [3.05, 3.63) is 50.3 Å². The first-order chi connectivity index (χ1) is 10.7. The van der Waals surface area contributed by atoms with Crippen LogP contribution >= 0.6 is 15.9 Å². The number of aromatic nitrogens is 2. The highest BCUT2D eigenvalue weighted by atomic mass is 79.9. The first-order valence-electron chi connectivity index (χ1n) is 6.29. The molecule has 0 atom stereocenters. The Morgan fingerprint density at radius 2 is 1.96 bits per heavy atom. The molecule has 23 heavy (non-hydrogen) atoms. The predicted octanol–water partition coefficient (Wildman–Crippen LogP) is 1.27. The number of carbonyl (C=O) groups is 1. The van der Waals surface area contributed by atoms with E-state index < -0.39 is 28.0 Å². The Morgan fingerprint density at radius 3 is 2.48 bits per heavy atom. The Kier molecular flexibility index (Phi) is 4.85. The molecule has 1 aromatic heterocycles. The van der Waals surface area contributed by atoms with E-state index in [0.29, 0.717) is 0 Å². The molecule has 8 nitrogen and oxygen atoms in total. The summed E-state index contributed by atoms with van der Waals surface area (Å²) < 4.78 is 27.3. The molecule has 0 amide bonds. The average Bonchev–Trinajstić information content (AvgIpc) is 2.42. The lowest BCUT2D eigenvalue weighted by molar-refractivity contribution is -0.136. The summed E-state index contributed by atoms with van der Waals surface area (Å²) in [6.07, 6.45) is -0.492. The molecule has 10 heteroatoms. The maximum Gasteiger partial charge on any atom is 0.308 e. The molecule has 2 rings (SSSR count). The van der Waals surface area contributed by atoms with E-state index in [2.05, 4.69) is 30.6 Å². The maximum atomic E-state index is 12.2. The minimum absolute atomic E-state index is 0.00406. The van der Waals surface area contributed by atoms with E-state index in [0.717, 1.165) is 4.47 Å². The molecule has 0 aliphatic rings. The van der Waals surface area contributed by atoms with Crippen molar-refractivity contribution in [2.75, 3.05) is 4.72 Å². The summed E-state index contributed by atoms with van der Waals surface area (Å²) in [7, 11) is -3.92. The largest absolute Gasteiger partial charge is 0.481 e. The van der Waals surface area contributed by atoms with Gasteiger partial charge in [-0.15, -0.1) is 0 Å². The lowest BCUT2D eigenvalue weighted by Gasteiger charge is -2.09. The van der Waals surface area contributed by atoms with Crippen LogP contribution in [0.5, 0.6) is 0 Å². The molecule has 0 saturated carbocycles. The lowest BCUT2D eigenvalue weighted by Crippen LogP contribution is -2.23. The van der Waals surface area contributed by atoms with Crippen LogP contribution in [0.2, 0.25) is 0 Å². The van der Waals surface area contributed by atoms with Crippen LogP contribution in [0.25, 0.3) is 0 Å². The standard InChI is InChI=1S/C13H12BrN3O5S/c1-7-10(6-11(18)19)12(20)16-13(15-7)17-23(21,22)9-4-2-8(14)3-5-9/h2-5H,6H2,1H3,(H,18,19)(H2,15,16,17,20). The molecule has 1 heterocycles. The van der Waals surface area contributed by atoms with Crippen LogP contribution in [0, 0.1) is 6.92 Å². The number of rotatable bonds is 5. The van der Waals surface area contributed by atoms with Crippen LogP contribution in [0.3, 0.4) is 0 Å². The molecule has 0 bridgehead atoms.